The smallest absolute Gasteiger partial charge is 0.252 e. The molecule has 2 heterocycles. The number of nitrogens with one attached hydrogen (secondary N) is 2. The topological polar surface area (TPSA) is 57.8 Å². The molecule has 96 valence electrons. The van der Waals surface area contributed by atoms with Crippen molar-refractivity contribution in [1.82, 2.24) is 9.97 Å². The first-order valence-corrected chi connectivity index (χ1v) is 6.94. The average Bonchev–Trinajstić information content (AvgIpc) is 2.83. The number of aromatic amines is 1. The van der Waals surface area contributed by atoms with Crippen LogP contribution in [0, 0.1) is 0 Å². The molecule has 18 heavy (non-hydrogen) atoms. The van der Waals surface area contributed by atoms with E-state index < -0.39 is 0 Å². The van der Waals surface area contributed by atoms with Crippen LogP contribution in [0.3, 0.4) is 0 Å². The summed E-state index contributed by atoms with van der Waals surface area (Å²) in [6.45, 7) is 4.83. The molecule has 4 nitrogen and oxygen atoms in total. The minimum atomic E-state index is -0.107. The van der Waals surface area contributed by atoms with Crippen LogP contribution in [0.2, 0.25) is 0 Å². The van der Waals surface area contributed by atoms with E-state index in [-0.39, 0.29) is 5.56 Å². The van der Waals surface area contributed by atoms with Gasteiger partial charge >= 0.3 is 0 Å². The van der Waals surface area contributed by atoms with Crippen LogP contribution in [-0.4, -0.2) is 9.97 Å². The van der Waals surface area contributed by atoms with Crippen molar-refractivity contribution in [2.75, 3.05) is 5.32 Å². The summed E-state index contributed by atoms with van der Waals surface area (Å²) in [7, 11) is 0. The molecule has 2 aromatic heterocycles. The summed E-state index contributed by atoms with van der Waals surface area (Å²) in [4.78, 5) is 21.1. The molecule has 0 aliphatic rings. The molecule has 5 heteroatoms. The Labute approximate surface area is 110 Å². The lowest BCUT2D eigenvalue weighted by atomic mass is 10.3. The predicted octanol–water partition coefficient (Wildman–Crippen LogP) is 2.57. The lowest BCUT2D eigenvalue weighted by Gasteiger charge is -2.04. The van der Waals surface area contributed by atoms with Crippen molar-refractivity contribution in [3.05, 3.63) is 44.1 Å². The molecule has 0 spiro atoms. The summed E-state index contributed by atoms with van der Waals surface area (Å²) < 4.78 is 0. The van der Waals surface area contributed by atoms with Gasteiger partial charge in [-0.1, -0.05) is 13.8 Å². The molecule has 2 N–H and O–H groups in total. The lowest BCUT2D eigenvalue weighted by Crippen LogP contribution is -2.13. The zero-order valence-electron chi connectivity index (χ0n) is 10.6. The van der Waals surface area contributed by atoms with Gasteiger partial charge in [0.15, 0.2) is 0 Å². The van der Waals surface area contributed by atoms with E-state index in [1.807, 2.05) is 6.92 Å². The molecule has 0 aromatic carbocycles. The van der Waals surface area contributed by atoms with E-state index in [4.69, 9.17) is 0 Å². The van der Waals surface area contributed by atoms with E-state index in [0.29, 0.717) is 18.2 Å². The number of thiophene rings is 1. The monoisotopic (exact) mass is 263 g/mol. The molecule has 0 bridgehead atoms. The molecule has 0 radical (unpaired) electrons. The van der Waals surface area contributed by atoms with E-state index in [1.54, 1.807) is 11.3 Å². The van der Waals surface area contributed by atoms with Gasteiger partial charge in [-0.05, 0) is 18.6 Å². The third-order valence-electron chi connectivity index (χ3n) is 2.64. The van der Waals surface area contributed by atoms with Gasteiger partial charge in [0, 0.05) is 22.2 Å². The van der Waals surface area contributed by atoms with Gasteiger partial charge in [0.2, 0.25) is 0 Å². The summed E-state index contributed by atoms with van der Waals surface area (Å²) in [5.74, 6) is 1.35. The quantitative estimate of drug-likeness (QED) is 0.871. The van der Waals surface area contributed by atoms with Crippen LogP contribution in [-0.2, 0) is 19.4 Å². The van der Waals surface area contributed by atoms with Crippen LogP contribution in [0.25, 0.3) is 0 Å². The fraction of sp³-hybridized carbons (Fsp3) is 0.385. The Kier molecular flexibility index (Phi) is 4.15. The number of aryl methyl sites for hydroxylation is 2. The van der Waals surface area contributed by atoms with Gasteiger partial charge in [-0.2, -0.15) is 0 Å². The van der Waals surface area contributed by atoms with Gasteiger partial charge in [0.1, 0.15) is 11.6 Å². The van der Waals surface area contributed by atoms with Gasteiger partial charge in [-0.25, -0.2) is 4.98 Å². The normalized spacial score (nSPS) is 10.6. The predicted molar refractivity (Wildman–Crippen MR) is 75.3 cm³/mol. The molecule has 0 fully saturated rings. The summed E-state index contributed by atoms with van der Waals surface area (Å²) >= 11 is 1.79. The molecule has 0 unspecified atom stereocenters. The summed E-state index contributed by atoms with van der Waals surface area (Å²) in [6.07, 6.45) is 1.79. The van der Waals surface area contributed by atoms with Crippen LogP contribution < -0.4 is 10.9 Å². The molecule has 2 rings (SSSR count). The Morgan fingerprint density at radius 2 is 2.06 bits per heavy atom. The number of nitrogens with zero attached hydrogens (tertiary/aromatic N) is 1. The van der Waals surface area contributed by atoms with Crippen LogP contribution in [0.1, 0.15) is 29.4 Å². The second kappa shape index (κ2) is 5.82. The van der Waals surface area contributed by atoms with E-state index in [9.17, 15) is 4.79 Å². The minimum Gasteiger partial charge on any atom is -0.365 e. The molecule has 0 saturated carbocycles. The number of aromatic nitrogens is 2. The molecule has 0 saturated heterocycles. The summed E-state index contributed by atoms with van der Waals surface area (Å²) in [5.41, 5.74) is -0.107. The Bertz CT molecular complexity index is 574. The third-order valence-corrected chi connectivity index (χ3v) is 3.86. The van der Waals surface area contributed by atoms with E-state index in [1.165, 1.54) is 15.8 Å². The summed E-state index contributed by atoms with van der Waals surface area (Å²) in [5, 5.41) is 3.19. The molecule has 0 atom stereocenters. The van der Waals surface area contributed by atoms with Gasteiger partial charge in [0.25, 0.3) is 5.56 Å². The molecule has 0 aliphatic heterocycles. The molecule has 0 aliphatic carbocycles. The highest BCUT2D eigenvalue weighted by Gasteiger charge is 2.02. The number of anilines is 1. The molecule has 0 amide bonds. The van der Waals surface area contributed by atoms with Crippen LogP contribution in [0.4, 0.5) is 5.82 Å². The van der Waals surface area contributed by atoms with Gasteiger partial charge in [0.05, 0.1) is 6.54 Å². The van der Waals surface area contributed by atoms with E-state index in [2.05, 4.69) is 34.3 Å². The SMILES string of the molecule is CCc1nc(NCc2ccc(CC)s2)cc(=O)[nH]1. The number of rotatable bonds is 5. The average molecular weight is 263 g/mol. The maximum Gasteiger partial charge on any atom is 0.252 e. The van der Waals surface area contributed by atoms with Crippen molar-refractivity contribution in [2.45, 2.75) is 33.2 Å². The van der Waals surface area contributed by atoms with Gasteiger partial charge in [-0.3, -0.25) is 4.79 Å². The first-order valence-electron chi connectivity index (χ1n) is 6.13. The Morgan fingerprint density at radius 1 is 1.28 bits per heavy atom. The maximum absolute atomic E-state index is 11.4. The highest BCUT2D eigenvalue weighted by atomic mass is 32.1. The van der Waals surface area contributed by atoms with Crippen molar-refractivity contribution in [3.63, 3.8) is 0 Å². The second-order valence-electron chi connectivity index (χ2n) is 4.01. The number of H-pyrrole nitrogens is 1. The van der Waals surface area contributed by atoms with Crippen molar-refractivity contribution in [2.24, 2.45) is 0 Å². The van der Waals surface area contributed by atoms with Crippen LogP contribution >= 0.6 is 11.3 Å². The van der Waals surface area contributed by atoms with Crippen LogP contribution in [0.15, 0.2) is 23.0 Å². The molecule has 2 aromatic rings. The highest BCUT2D eigenvalue weighted by Crippen LogP contribution is 2.17. The number of hydrogen-bond donors (Lipinski definition) is 2. The first kappa shape index (κ1) is 12.8. The van der Waals surface area contributed by atoms with Gasteiger partial charge in [-0.15, -0.1) is 11.3 Å². The van der Waals surface area contributed by atoms with Crippen molar-refractivity contribution >= 4 is 17.2 Å². The van der Waals surface area contributed by atoms with Crippen molar-refractivity contribution in [1.29, 1.82) is 0 Å². The van der Waals surface area contributed by atoms with Gasteiger partial charge < -0.3 is 10.3 Å². The van der Waals surface area contributed by atoms with E-state index in [0.717, 1.165) is 12.8 Å². The number of hydrogen-bond acceptors (Lipinski definition) is 4. The van der Waals surface area contributed by atoms with Crippen molar-refractivity contribution in [3.8, 4) is 0 Å². The zero-order valence-corrected chi connectivity index (χ0v) is 11.4. The zero-order chi connectivity index (χ0) is 13.0. The summed E-state index contributed by atoms with van der Waals surface area (Å²) in [6, 6.07) is 5.75. The Hall–Kier alpha value is -1.62. The highest BCUT2D eigenvalue weighted by molar-refractivity contribution is 7.12. The van der Waals surface area contributed by atoms with E-state index >= 15 is 0 Å². The Balaban J connectivity index is 2.05. The first-order chi connectivity index (χ1) is 8.71. The fourth-order valence-corrected chi connectivity index (χ4v) is 2.55. The second-order valence-corrected chi connectivity index (χ2v) is 5.26. The standard InChI is InChI=1S/C13H17N3OS/c1-3-9-5-6-10(18-9)8-14-12-7-13(17)16-11(4-2)15-12/h5-7H,3-4,8H2,1-2H3,(H2,14,15,16,17). The largest absolute Gasteiger partial charge is 0.365 e. The maximum atomic E-state index is 11.4. The van der Waals surface area contributed by atoms with Crippen LogP contribution in [0.5, 0.6) is 0 Å². The van der Waals surface area contributed by atoms with Crippen molar-refractivity contribution < 1.29 is 0 Å². The minimum absolute atomic E-state index is 0.107. The molecular formula is C13H17N3OS. The molecular weight excluding hydrogens is 246 g/mol. The lowest BCUT2D eigenvalue weighted by molar-refractivity contribution is 0.916. The Morgan fingerprint density at radius 3 is 2.72 bits per heavy atom. The fourth-order valence-electron chi connectivity index (χ4n) is 1.65. The third kappa shape index (κ3) is 3.20.